The van der Waals surface area contributed by atoms with E-state index in [2.05, 4.69) is 48.2 Å². The topological polar surface area (TPSA) is 40.7 Å². The fourth-order valence-corrected chi connectivity index (χ4v) is 3.56. The fourth-order valence-electron chi connectivity index (χ4n) is 3.56. The molecule has 2 N–H and O–H groups in total. The van der Waals surface area contributed by atoms with Gasteiger partial charge in [0.1, 0.15) is 5.82 Å². The van der Waals surface area contributed by atoms with Crippen molar-refractivity contribution in [2.24, 2.45) is 5.92 Å². The molecule has 0 amide bonds. The number of H-pyrrole nitrogens is 1. The van der Waals surface area contributed by atoms with Crippen molar-refractivity contribution in [1.82, 2.24) is 15.3 Å². The van der Waals surface area contributed by atoms with Gasteiger partial charge in [-0.25, -0.2) is 4.98 Å². The molecule has 0 spiro atoms. The van der Waals surface area contributed by atoms with Crippen molar-refractivity contribution in [2.45, 2.75) is 40.0 Å². The SMILES string of the molecule is Cc1cc(C)c(-c2cnc(CC3CCNCC3)[nH]2)c(C)c1. The van der Waals surface area contributed by atoms with Crippen molar-refractivity contribution >= 4 is 0 Å². The van der Waals surface area contributed by atoms with Gasteiger partial charge in [0.25, 0.3) is 0 Å². The normalized spacial score (nSPS) is 16.3. The van der Waals surface area contributed by atoms with Crippen LogP contribution in [0.25, 0.3) is 11.3 Å². The number of nitrogens with one attached hydrogen (secondary N) is 2. The maximum Gasteiger partial charge on any atom is 0.106 e. The molecule has 112 valence electrons. The van der Waals surface area contributed by atoms with Crippen molar-refractivity contribution in [3.05, 3.63) is 40.8 Å². The van der Waals surface area contributed by atoms with Gasteiger partial charge >= 0.3 is 0 Å². The number of imidazole rings is 1. The molecule has 3 rings (SSSR count). The summed E-state index contributed by atoms with van der Waals surface area (Å²) in [5.74, 6) is 1.90. The third kappa shape index (κ3) is 3.18. The van der Waals surface area contributed by atoms with Crippen molar-refractivity contribution in [1.29, 1.82) is 0 Å². The predicted molar refractivity (Wildman–Crippen MR) is 87.5 cm³/mol. The molecule has 1 aromatic carbocycles. The van der Waals surface area contributed by atoms with Gasteiger partial charge in [-0.05, 0) is 63.7 Å². The standard InChI is InChI=1S/C18H25N3/c1-12-8-13(2)18(14(3)9-12)16-11-20-17(21-16)10-15-4-6-19-7-5-15/h8-9,11,15,19H,4-7,10H2,1-3H3,(H,20,21). The smallest absolute Gasteiger partial charge is 0.106 e. The van der Waals surface area contributed by atoms with Gasteiger partial charge in [-0.1, -0.05) is 17.7 Å². The first kappa shape index (κ1) is 14.3. The van der Waals surface area contributed by atoms with Crippen LogP contribution in [0.15, 0.2) is 18.3 Å². The predicted octanol–water partition coefficient (Wildman–Crippen LogP) is 3.54. The van der Waals surface area contributed by atoms with Crippen LogP contribution in [0.1, 0.15) is 35.4 Å². The second-order valence-corrected chi connectivity index (χ2v) is 6.41. The molecular weight excluding hydrogens is 258 g/mol. The lowest BCUT2D eigenvalue weighted by atomic mass is 9.94. The number of piperidine rings is 1. The Morgan fingerprint density at radius 3 is 2.43 bits per heavy atom. The molecule has 3 nitrogen and oxygen atoms in total. The molecule has 0 saturated carbocycles. The van der Waals surface area contributed by atoms with Crippen LogP contribution in [-0.4, -0.2) is 23.1 Å². The van der Waals surface area contributed by atoms with Crippen molar-refractivity contribution in [2.75, 3.05) is 13.1 Å². The number of aromatic nitrogens is 2. The lowest BCUT2D eigenvalue weighted by Gasteiger charge is -2.21. The van der Waals surface area contributed by atoms with Gasteiger partial charge in [0.15, 0.2) is 0 Å². The Balaban J connectivity index is 1.81. The molecule has 0 aliphatic carbocycles. The average molecular weight is 283 g/mol. The molecule has 0 bridgehead atoms. The molecular formula is C18H25N3. The molecule has 0 radical (unpaired) electrons. The van der Waals surface area contributed by atoms with E-state index in [-0.39, 0.29) is 0 Å². The Bertz CT molecular complexity index is 598. The van der Waals surface area contributed by atoms with Gasteiger partial charge in [0.05, 0.1) is 11.9 Å². The van der Waals surface area contributed by atoms with Crippen LogP contribution < -0.4 is 5.32 Å². The van der Waals surface area contributed by atoms with E-state index in [0.717, 1.165) is 36.9 Å². The summed E-state index contributed by atoms with van der Waals surface area (Å²) in [4.78, 5) is 8.16. The Kier molecular flexibility index (Phi) is 4.11. The van der Waals surface area contributed by atoms with Crippen LogP contribution in [0.3, 0.4) is 0 Å². The first-order valence-corrected chi connectivity index (χ1v) is 7.96. The Labute approximate surface area is 127 Å². The summed E-state index contributed by atoms with van der Waals surface area (Å²) in [6, 6.07) is 4.49. The lowest BCUT2D eigenvalue weighted by molar-refractivity contribution is 0.368. The summed E-state index contributed by atoms with van der Waals surface area (Å²) in [5, 5.41) is 3.42. The fraction of sp³-hybridized carbons (Fsp3) is 0.500. The molecule has 1 aliphatic heterocycles. The summed E-state index contributed by atoms with van der Waals surface area (Å²) in [6.07, 6.45) is 5.60. The maximum absolute atomic E-state index is 4.62. The van der Waals surface area contributed by atoms with Gasteiger partial charge < -0.3 is 10.3 Å². The van der Waals surface area contributed by atoms with E-state index in [1.165, 1.54) is 35.1 Å². The van der Waals surface area contributed by atoms with E-state index >= 15 is 0 Å². The minimum Gasteiger partial charge on any atom is -0.342 e. The molecule has 21 heavy (non-hydrogen) atoms. The highest BCUT2D eigenvalue weighted by Gasteiger charge is 2.16. The molecule has 3 heteroatoms. The zero-order valence-corrected chi connectivity index (χ0v) is 13.3. The van der Waals surface area contributed by atoms with Gasteiger partial charge in [0, 0.05) is 12.0 Å². The largest absolute Gasteiger partial charge is 0.342 e. The van der Waals surface area contributed by atoms with Crippen LogP contribution in [0.2, 0.25) is 0 Å². The number of rotatable bonds is 3. The highest BCUT2D eigenvalue weighted by atomic mass is 14.9. The van der Waals surface area contributed by atoms with E-state index in [4.69, 9.17) is 0 Å². The van der Waals surface area contributed by atoms with E-state index in [1.807, 2.05) is 6.20 Å². The van der Waals surface area contributed by atoms with Gasteiger partial charge in [-0.2, -0.15) is 0 Å². The highest BCUT2D eigenvalue weighted by molar-refractivity contribution is 5.67. The summed E-state index contributed by atoms with van der Waals surface area (Å²) in [6.45, 7) is 8.81. The summed E-state index contributed by atoms with van der Waals surface area (Å²) in [5.41, 5.74) is 6.44. The van der Waals surface area contributed by atoms with Crippen LogP contribution in [0, 0.1) is 26.7 Å². The van der Waals surface area contributed by atoms with Gasteiger partial charge in [-0.3, -0.25) is 0 Å². The van der Waals surface area contributed by atoms with Crippen LogP contribution in [0.5, 0.6) is 0 Å². The van der Waals surface area contributed by atoms with Crippen molar-refractivity contribution in [3.8, 4) is 11.3 Å². The number of hydrogen-bond donors (Lipinski definition) is 2. The van der Waals surface area contributed by atoms with Crippen LogP contribution >= 0.6 is 0 Å². The van der Waals surface area contributed by atoms with E-state index in [0.29, 0.717) is 0 Å². The summed E-state index contributed by atoms with van der Waals surface area (Å²) < 4.78 is 0. The second-order valence-electron chi connectivity index (χ2n) is 6.41. The molecule has 0 unspecified atom stereocenters. The maximum atomic E-state index is 4.62. The van der Waals surface area contributed by atoms with Crippen LogP contribution in [0.4, 0.5) is 0 Å². The molecule has 1 aromatic heterocycles. The number of aryl methyl sites for hydroxylation is 3. The summed E-state index contributed by atoms with van der Waals surface area (Å²) >= 11 is 0. The third-order valence-corrected chi connectivity index (χ3v) is 4.52. The quantitative estimate of drug-likeness (QED) is 0.904. The third-order valence-electron chi connectivity index (χ3n) is 4.52. The zero-order chi connectivity index (χ0) is 14.8. The second kappa shape index (κ2) is 6.02. The zero-order valence-electron chi connectivity index (χ0n) is 13.3. The first-order valence-electron chi connectivity index (χ1n) is 7.96. The van der Waals surface area contributed by atoms with E-state index in [9.17, 15) is 0 Å². The molecule has 1 saturated heterocycles. The molecule has 0 atom stereocenters. The lowest BCUT2D eigenvalue weighted by Crippen LogP contribution is -2.28. The summed E-state index contributed by atoms with van der Waals surface area (Å²) in [7, 11) is 0. The minimum absolute atomic E-state index is 0.769. The Hall–Kier alpha value is -1.61. The highest BCUT2D eigenvalue weighted by Crippen LogP contribution is 2.27. The number of benzene rings is 1. The molecule has 1 aliphatic rings. The minimum atomic E-state index is 0.769. The Morgan fingerprint density at radius 2 is 1.76 bits per heavy atom. The molecule has 2 heterocycles. The number of hydrogen-bond acceptors (Lipinski definition) is 2. The number of aromatic amines is 1. The molecule has 2 aromatic rings. The van der Waals surface area contributed by atoms with Crippen molar-refractivity contribution in [3.63, 3.8) is 0 Å². The van der Waals surface area contributed by atoms with Crippen molar-refractivity contribution < 1.29 is 0 Å². The monoisotopic (exact) mass is 283 g/mol. The average Bonchev–Trinajstić information content (AvgIpc) is 2.87. The molecule has 1 fully saturated rings. The van der Waals surface area contributed by atoms with Gasteiger partial charge in [0.2, 0.25) is 0 Å². The van der Waals surface area contributed by atoms with Crippen LogP contribution in [-0.2, 0) is 6.42 Å². The number of nitrogens with zero attached hydrogens (tertiary/aromatic N) is 1. The van der Waals surface area contributed by atoms with E-state index in [1.54, 1.807) is 0 Å². The Morgan fingerprint density at radius 1 is 1.10 bits per heavy atom. The van der Waals surface area contributed by atoms with E-state index < -0.39 is 0 Å². The van der Waals surface area contributed by atoms with Gasteiger partial charge in [-0.15, -0.1) is 0 Å². The first-order chi connectivity index (χ1) is 10.1.